The van der Waals surface area contributed by atoms with Gasteiger partial charge in [-0.15, -0.1) is 11.6 Å². The van der Waals surface area contributed by atoms with Gasteiger partial charge in [-0.3, -0.25) is 0 Å². The van der Waals surface area contributed by atoms with E-state index in [0.717, 1.165) is 17.9 Å². The molecule has 2 unspecified atom stereocenters. The summed E-state index contributed by atoms with van der Waals surface area (Å²) in [5.74, 6) is 2.14. The highest BCUT2D eigenvalue weighted by atomic mass is 35.5. The van der Waals surface area contributed by atoms with Gasteiger partial charge in [0, 0.05) is 5.38 Å². The Labute approximate surface area is 127 Å². The minimum Gasteiger partial charge on any atom is -0.493 e. The number of alkyl halides is 1. The fourth-order valence-electron chi connectivity index (χ4n) is 3.40. The molecule has 2 rings (SSSR count). The Hall–Kier alpha value is -0.890. The fraction of sp³-hybridized carbons (Fsp3) is 0.647. The van der Waals surface area contributed by atoms with Crippen LogP contribution in [0.2, 0.25) is 0 Å². The molecule has 1 aliphatic carbocycles. The number of ether oxygens (including phenoxy) is 2. The van der Waals surface area contributed by atoms with E-state index in [9.17, 15) is 0 Å². The number of halogens is 1. The summed E-state index contributed by atoms with van der Waals surface area (Å²) in [6.45, 7) is 4.68. The summed E-state index contributed by atoms with van der Waals surface area (Å²) in [5.41, 5.74) is 1.58. The van der Waals surface area contributed by atoms with Crippen LogP contribution in [0.25, 0.3) is 0 Å². The molecule has 0 aromatic heterocycles. The quantitative estimate of drug-likeness (QED) is 0.735. The largest absolute Gasteiger partial charge is 0.493 e. The van der Waals surface area contributed by atoms with Crippen molar-refractivity contribution in [3.05, 3.63) is 23.8 Å². The molecule has 2 nitrogen and oxygen atoms in total. The molecule has 0 amide bonds. The van der Waals surface area contributed by atoms with Crippen LogP contribution in [0.4, 0.5) is 0 Å². The third-order valence-electron chi connectivity index (χ3n) is 4.66. The summed E-state index contributed by atoms with van der Waals surface area (Å²) in [5, 5.41) is 0.186. The highest BCUT2D eigenvalue weighted by Crippen LogP contribution is 2.46. The Bertz CT molecular complexity index is 456. The Morgan fingerprint density at radius 2 is 1.95 bits per heavy atom. The lowest BCUT2D eigenvalue weighted by atomic mass is 9.78. The first-order chi connectivity index (χ1) is 9.47. The van der Waals surface area contributed by atoms with Crippen molar-refractivity contribution < 1.29 is 9.47 Å². The molecular weight excluding hydrogens is 272 g/mol. The van der Waals surface area contributed by atoms with Crippen LogP contribution in [0, 0.1) is 11.3 Å². The number of hydrogen-bond acceptors (Lipinski definition) is 2. The van der Waals surface area contributed by atoms with Crippen LogP contribution in [-0.2, 0) is 6.42 Å². The summed E-state index contributed by atoms with van der Waals surface area (Å²) in [7, 11) is 3.32. The molecule has 1 aromatic carbocycles. The molecule has 0 bridgehead atoms. The van der Waals surface area contributed by atoms with Crippen LogP contribution in [0.5, 0.6) is 11.5 Å². The number of rotatable bonds is 5. The second-order valence-corrected chi connectivity index (χ2v) is 6.96. The average molecular weight is 297 g/mol. The topological polar surface area (TPSA) is 18.5 Å². The van der Waals surface area contributed by atoms with Crippen LogP contribution in [0.1, 0.15) is 38.7 Å². The average Bonchev–Trinajstić information content (AvgIpc) is 2.78. The zero-order valence-electron chi connectivity index (χ0n) is 12.9. The number of methoxy groups -OCH3 is 2. The second kappa shape index (κ2) is 6.26. The van der Waals surface area contributed by atoms with Crippen LogP contribution in [0.15, 0.2) is 18.2 Å². The van der Waals surface area contributed by atoms with Gasteiger partial charge in [0.25, 0.3) is 0 Å². The molecular formula is C17H25ClO2. The van der Waals surface area contributed by atoms with Crippen LogP contribution >= 0.6 is 11.6 Å². The lowest BCUT2D eigenvalue weighted by Crippen LogP contribution is -2.27. The Morgan fingerprint density at radius 1 is 1.25 bits per heavy atom. The van der Waals surface area contributed by atoms with Gasteiger partial charge in [0.15, 0.2) is 11.5 Å². The standard InChI is InChI=1S/C17H25ClO2/c1-17(2)9-5-6-13(17)14(18)10-12-7-8-15(19-3)16(11-12)20-4/h7-8,11,13-14H,5-6,9-10H2,1-4H3. The van der Waals surface area contributed by atoms with Crippen molar-refractivity contribution in [3.8, 4) is 11.5 Å². The van der Waals surface area contributed by atoms with E-state index < -0.39 is 0 Å². The molecule has 1 aromatic rings. The third kappa shape index (κ3) is 3.22. The Kier molecular flexibility index (Phi) is 4.85. The summed E-state index contributed by atoms with van der Waals surface area (Å²) in [4.78, 5) is 0. The Balaban J connectivity index is 2.10. The molecule has 0 heterocycles. The van der Waals surface area contributed by atoms with E-state index in [1.807, 2.05) is 12.1 Å². The van der Waals surface area contributed by atoms with E-state index >= 15 is 0 Å². The van der Waals surface area contributed by atoms with Crippen molar-refractivity contribution in [2.75, 3.05) is 14.2 Å². The van der Waals surface area contributed by atoms with Crippen LogP contribution in [-0.4, -0.2) is 19.6 Å². The molecule has 2 atom stereocenters. The molecule has 0 saturated heterocycles. The van der Waals surface area contributed by atoms with E-state index in [2.05, 4.69) is 19.9 Å². The summed E-state index contributed by atoms with van der Waals surface area (Å²) < 4.78 is 10.6. The van der Waals surface area contributed by atoms with E-state index in [1.54, 1.807) is 14.2 Å². The maximum absolute atomic E-state index is 6.70. The predicted molar refractivity (Wildman–Crippen MR) is 84.0 cm³/mol. The summed E-state index contributed by atoms with van der Waals surface area (Å²) in [6, 6.07) is 6.08. The highest BCUT2D eigenvalue weighted by Gasteiger charge is 2.38. The molecule has 0 N–H and O–H groups in total. The van der Waals surface area contributed by atoms with Crippen molar-refractivity contribution in [1.82, 2.24) is 0 Å². The molecule has 3 heteroatoms. The fourth-order valence-corrected chi connectivity index (χ4v) is 4.04. The summed E-state index contributed by atoms with van der Waals surface area (Å²) in [6.07, 6.45) is 4.71. The van der Waals surface area contributed by atoms with Crippen LogP contribution < -0.4 is 9.47 Å². The second-order valence-electron chi connectivity index (χ2n) is 6.40. The van der Waals surface area contributed by atoms with E-state index in [1.165, 1.54) is 24.8 Å². The predicted octanol–water partition coefficient (Wildman–Crippen LogP) is 4.68. The highest BCUT2D eigenvalue weighted by molar-refractivity contribution is 6.21. The van der Waals surface area contributed by atoms with Gasteiger partial charge in [-0.1, -0.05) is 26.3 Å². The van der Waals surface area contributed by atoms with Crippen molar-refractivity contribution in [2.24, 2.45) is 11.3 Å². The molecule has 1 aliphatic rings. The van der Waals surface area contributed by atoms with Gasteiger partial charge in [0.05, 0.1) is 14.2 Å². The summed E-state index contributed by atoms with van der Waals surface area (Å²) >= 11 is 6.70. The van der Waals surface area contributed by atoms with E-state index in [0.29, 0.717) is 11.3 Å². The molecule has 0 radical (unpaired) electrons. The molecule has 1 saturated carbocycles. The van der Waals surface area contributed by atoms with E-state index in [-0.39, 0.29) is 5.38 Å². The minimum atomic E-state index is 0.186. The van der Waals surface area contributed by atoms with Crippen molar-refractivity contribution in [1.29, 1.82) is 0 Å². The number of benzene rings is 1. The van der Waals surface area contributed by atoms with Gasteiger partial charge in [-0.25, -0.2) is 0 Å². The first kappa shape index (κ1) is 15.5. The smallest absolute Gasteiger partial charge is 0.160 e. The van der Waals surface area contributed by atoms with Crippen molar-refractivity contribution in [2.45, 2.75) is 44.9 Å². The maximum atomic E-state index is 6.70. The Morgan fingerprint density at radius 3 is 2.50 bits per heavy atom. The normalized spacial score (nSPS) is 22.6. The first-order valence-electron chi connectivity index (χ1n) is 7.33. The maximum Gasteiger partial charge on any atom is 0.160 e. The minimum absolute atomic E-state index is 0.186. The lowest BCUT2D eigenvalue weighted by Gasteiger charge is -2.31. The van der Waals surface area contributed by atoms with Crippen molar-refractivity contribution in [3.63, 3.8) is 0 Å². The van der Waals surface area contributed by atoms with Gasteiger partial charge in [0.1, 0.15) is 0 Å². The van der Waals surface area contributed by atoms with Gasteiger partial charge >= 0.3 is 0 Å². The lowest BCUT2D eigenvalue weighted by molar-refractivity contribution is 0.250. The molecule has 0 aliphatic heterocycles. The van der Waals surface area contributed by atoms with Gasteiger partial charge in [0.2, 0.25) is 0 Å². The van der Waals surface area contributed by atoms with E-state index in [4.69, 9.17) is 21.1 Å². The van der Waals surface area contributed by atoms with Gasteiger partial charge in [-0.05, 0) is 48.3 Å². The van der Waals surface area contributed by atoms with Crippen molar-refractivity contribution >= 4 is 11.6 Å². The third-order valence-corrected chi connectivity index (χ3v) is 5.11. The number of hydrogen-bond donors (Lipinski definition) is 0. The molecule has 20 heavy (non-hydrogen) atoms. The molecule has 1 fully saturated rings. The monoisotopic (exact) mass is 296 g/mol. The first-order valence-corrected chi connectivity index (χ1v) is 7.76. The van der Waals surface area contributed by atoms with Gasteiger partial charge < -0.3 is 9.47 Å². The van der Waals surface area contributed by atoms with Gasteiger partial charge in [-0.2, -0.15) is 0 Å². The zero-order chi connectivity index (χ0) is 14.8. The van der Waals surface area contributed by atoms with Crippen LogP contribution in [0.3, 0.4) is 0 Å². The molecule has 112 valence electrons. The zero-order valence-corrected chi connectivity index (χ0v) is 13.7. The SMILES string of the molecule is COc1ccc(CC(Cl)C2CCCC2(C)C)cc1OC. The molecule has 0 spiro atoms.